The summed E-state index contributed by atoms with van der Waals surface area (Å²) in [6.45, 7) is 4.88. The van der Waals surface area contributed by atoms with Crippen LogP contribution in [0.2, 0.25) is 5.02 Å². The molecular formula is C19H20ClN3O2. The zero-order valence-corrected chi connectivity index (χ0v) is 15.0. The Bertz CT molecular complexity index is 888. The zero-order valence-electron chi connectivity index (χ0n) is 14.3. The van der Waals surface area contributed by atoms with E-state index in [0.717, 1.165) is 11.3 Å². The molecule has 0 bridgehead atoms. The Morgan fingerprint density at radius 2 is 2.00 bits per heavy atom. The first kappa shape index (κ1) is 17.3. The van der Waals surface area contributed by atoms with Crippen LogP contribution in [0, 0.1) is 0 Å². The SMILES string of the molecule is CCOc1cccn2c(C(=O)NCc3ccc(Cl)cc3)c(CC)nc12. The van der Waals surface area contributed by atoms with Gasteiger partial charge in [-0.05, 0) is 43.2 Å². The van der Waals surface area contributed by atoms with E-state index < -0.39 is 0 Å². The van der Waals surface area contributed by atoms with Crippen molar-refractivity contribution in [3.8, 4) is 5.75 Å². The molecule has 0 aliphatic heterocycles. The lowest BCUT2D eigenvalue weighted by atomic mass is 10.2. The molecule has 1 aromatic carbocycles. The highest BCUT2D eigenvalue weighted by atomic mass is 35.5. The fourth-order valence-electron chi connectivity index (χ4n) is 2.71. The molecule has 0 saturated heterocycles. The summed E-state index contributed by atoms with van der Waals surface area (Å²) in [5.41, 5.74) is 2.95. The number of aromatic nitrogens is 2. The third kappa shape index (κ3) is 3.61. The molecule has 0 fully saturated rings. The van der Waals surface area contributed by atoms with Gasteiger partial charge in [-0.3, -0.25) is 9.20 Å². The van der Waals surface area contributed by atoms with Crippen molar-refractivity contribution in [1.29, 1.82) is 0 Å². The number of hydrogen-bond acceptors (Lipinski definition) is 3. The highest BCUT2D eigenvalue weighted by molar-refractivity contribution is 6.30. The Labute approximate surface area is 151 Å². The normalized spacial score (nSPS) is 10.8. The number of halogens is 1. The van der Waals surface area contributed by atoms with Crippen molar-refractivity contribution in [2.45, 2.75) is 26.8 Å². The number of imidazole rings is 1. The molecule has 6 heteroatoms. The number of carbonyl (C=O) groups excluding carboxylic acids is 1. The zero-order chi connectivity index (χ0) is 17.8. The average molecular weight is 358 g/mol. The molecule has 1 N–H and O–H groups in total. The van der Waals surface area contributed by atoms with E-state index in [1.807, 2.05) is 56.4 Å². The highest BCUT2D eigenvalue weighted by Crippen LogP contribution is 2.23. The van der Waals surface area contributed by atoms with E-state index >= 15 is 0 Å². The summed E-state index contributed by atoms with van der Waals surface area (Å²) in [7, 11) is 0. The number of aryl methyl sites for hydroxylation is 1. The van der Waals surface area contributed by atoms with Gasteiger partial charge in [-0.2, -0.15) is 0 Å². The quantitative estimate of drug-likeness (QED) is 0.728. The van der Waals surface area contributed by atoms with Gasteiger partial charge in [-0.1, -0.05) is 30.7 Å². The van der Waals surface area contributed by atoms with E-state index in [2.05, 4.69) is 10.3 Å². The third-order valence-corrected chi connectivity index (χ3v) is 4.15. The van der Waals surface area contributed by atoms with Crippen molar-refractivity contribution >= 4 is 23.2 Å². The van der Waals surface area contributed by atoms with Crippen LogP contribution < -0.4 is 10.1 Å². The number of ether oxygens (including phenoxy) is 1. The maximum atomic E-state index is 12.8. The molecule has 1 amide bonds. The van der Waals surface area contributed by atoms with Gasteiger partial charge in [0.2, 0.25) is 0 Å². The first-order valence-corrected chi connectivity index (χ1v) is 8.67. The summed E-state index contributed by atoms with van der Waals surface area (Å²) >= 11 is 5.89. The smallest absolute Gasteiger partial charge is 0.270 e. The number of pyridine rings is 1. The van der Waals surface area contributed by atoms with E-state index in [1.165, 1.54) is 0 Å². The number of hydrogen-bond donors (Lipinski definition) is 1. The maximum absolute atomic E-state index is 12.8. The number of nitrogens with zero attached hydrogens (tertiary/aromatic N) is 2. The molecule has 0 radical (unpaired) electrons. The second kappa shape index (κ2) is 7.57. The van der Waals surface area contributed by atoms with Gasteiger partial charge in [0.05, 0.1) is 12.3 Å². The molecular weight excluding hydrogens is 338 g/mol. The van der Waals surface area contributed by atoms with Crippen molar-refractivity contribution in [2.24, 2.45) is 0 Å². The number of fused-ring (bicyclic) bond motifs is 1. The fourth-order valence-corrected chi connectivity index (χ4v) is 2.84. The summed E-state index contributed by atoms with van der Waals surface area (Å²) in [5, 5.41) is 3.63. The van der Waals surface area contributed by atoms with Crippen LogP contribution in [0.1, 0.15) is 35.6 Å². The van der Waals surface area contributed by atoms with E-state index in [1.54, 1.807) is 4.40 Å². The minimum Gasteiger partial charge on any atom is -0.490 e. The lowest BCUT2D eigenvalue weighted by Gasteiger charge is -2.08. The summed E-state index contributed by atoms with van der Waals surface area (Å²) in [6.07, 6.45) is 2.50. The second-order valence-electron chi connectivity index (χ2n) is 5.57. The Kier molecular flexibility index (Phi) is 5.24. The number of rotatable bonds is 6. The minimum atomic E-state index is -0.159. The Morgan fingerprint density at radius 3 is 2.68 bits per heavy atom. The van der Waals surface area contributed by atoms with Crippen molar-refractivity contribution in [3.05, 3.63) is 64.6 Å². The van der Waals surface area contributed by atoms with Gasteiger partial charge in [-0.25, -0.2) is 4.98 Å². The van der Waals surface area contributed by atoms with Crippen LogP contribution >= 0.6 is 11.6 Å². The summed E-state index contributed by atoms with van der Waals surface area (Å²) in [6, 6.07) is 11.1. The molecule has 0 spiro atoms. The molecule has 130 valence electrons. The molecule has 2 aromatic heterocycles. The molecule has 5 nitrogen and oxygen atoms in total. The van der Waals surface area contributed by atoms with Crippen molar-refractivity contribution < 1.29 is 9.53 Å². The lowest BCUT2D eigenvalue weighted by Crippen LogP contribution is -2.25. The van der Waals surface area contributed by atoms with E-state index in [-0.39, 0.29) is 5.91 Å². The maximum Gasteiger partial charge on any atom is 0.270 e. The standard InChI is InChI=1S/C19H20ClN3O2/c1-3-15-17(19(24)21-12-13-7-9-14(20)10-8-13)23-11-5-6-16(25-4-2)18(23)22-15/h5-11H,3-4,12H2,1-2H3,(H,21,24). The first-order chi connectivity index (χ1) is 12.1. The molecule has 0 atom stereocenters. The molecule has 0 aliphatic carbocycles. The number of amides is 1. The minimum absolute atomic E-state index is 0.159. The van der Waals surface area contributed by atoms with Crippen LogP contribution in [0.4, 0.5) is 0 Å². The van der Waals surface area contributed by atoms with Crippen LogP contribution in [0.15, 0.2) is 42.6 Å². The van der Waals surface area contributed by atoms with Gasteiger partial charge in [0.25, 0.3) is 5.91 Å². The van der Waals surface area contributed by atoms with Gasteiger partial charge in [0.1, 0.15) is 5.69 Å². The van der Waals surface area contributed by atoms with E-state index in [9.17, 15) is 4.79 Å². The topological polar surface area (TPSA) is 55.6 Å². The Hall–Kier alpha value is -2.53. The molecule has 0 saturated carbocycles. The van der Waals surface area contributed by atoms with Crippen LogP contribution in [0.5, 0.6) is 5.75 Å². The van der Waals surface area contributed by atoms with Gasteiger partial charge in [-0.15, -0.1) is 0 Å². The van der Waals surface area contributed by atoms with Gasteiger partial charge >= 0.3 is 0 Å². The summed E-state index contributed by atoms with van der Waals surface area (Å²) in [5.74, 6) is 0.518. The first-order valence-electron chi connectivity index (χ1n) is 8.29. The molecule has 3 rings (SSSR count). The third-order valence-electron chi connectivity index (χ3n) is 3.90. The second-order valence-corrected chi connectivity index (χ2v) is 6.01. The fraction of sp³-hybridized carbons (Fsp3) is 0.263. The number of carbonyl (C=O) groups is 1. The number of benzene rings is 1. The van der Waals surface area contributed by atoms with Crippen LogP contribution in [0.25, 0.3) is 5.65 Å². The van der Waals surface area contributed by atoms with Crippen molar-refractivity contribution in [1.82, 2.24) is 14.7 Å². The number of nitrogens with one attached hydrogen (secondary N) is 1. The monoisotopic (exact) mass is 357 g/mol. The van der Waals surface area contributed by atoms with Crippen molar-refractivity contribution in [2.75, 3.05) is 6.61 Å². The van der Waals surface area contributed by atoms with Gasteiger partial charge in [0, 0.05) is 17.8 Å². The average Bonchev–Trinajstić information content (AvgIpc) is 3.01. The predicted molar refractivity (Wildman–Crippen MR) is 98.4 cm³/mol. The molecule has 3 aromatic rings. The Morgan fingerprint density at radius 1 is 1.24 bits per heavy atom. The van der Waals surface area contributed by atoms with Crippen molar-refractivity contribution in [3.63, 3.8) is 0 Å². The van der Waals surface area contributed by atoms with E-state index in [0.29, 0.717) is 41.7 Å². The molecule has 0 aliphatic rings. The van der Waals surface area contributed by atoms with Crippen LogP contribution in [-0.2, 0) is 13.0 Å². The highest BCUT2D eigenvalue weighted by Gasteiger charge is 2.20. The largest absolute Gasteiger partial charge is 0.490 e. The predicted octanol–water partition coefficient (Wildman–Crippen LogP) is 3.88. The lowest BCUT2D eigenvalue weighted by molar-refractivity contribution is 0.0944. The van der Waals surface area contributed by atoms with Gasteiger partial charge in [0.15, 0.2) is 11.4 Å². The van der Waals surface area contributed by atoms with Crippen LogP contribution in [0.3, 0.4) is 0 Å². The molecule has 2 heterocycles. The van der Waals surface area contributed by atoms with Gasteiger partial charge < -0.3 is 10.1 Å². The van der Waals surface area contributed by atoms with E-state index in [4.69, 9.17) is 16.3 Å². The summed E-state index contributed by atoms with van der Waals surface area (Å²) < 4.78 is 7.42. The summed E-state index contributed by atoms with van der Waals surface area (Å²) in [4.78, 5) is 17.4. The van der Waals surface area contributed by atoms with Crippen LogP contribution in [-0.4, -0.2) is 21.9 Å². The molecule has 25 heavy (non-hydrogen) atoms. The Balaban J connectivity index is 1.89. The molecule has 0 unspecified atom stereocenters.